The third kappa shape index (κ3) is 4.01. The molecule has 5 heteroatoms. The van der Waals surface area contributed by atoms with Gasteiger partial charge in [-0.15, -0.1) is 0 Å². The number of halogens is 1. The lowest BCUT2D eigenvalue weighted by molar-refractivity contribution is 0.869. The molecule has 134 valence electrons. The molecule has 2 aromatic heterocycles. The van der Waals surface area contributed by atoms with E-state index in [-0.39, 0.29) is 0 Å². The van der Waals surface area contributed by atoms with Crippen molar-refractivity contribution in [1.29, 1.82) is 0 Å². The lowest BCUT2D eigenvalue weighted by Crippen LogP contribution is -2.02. The van der Waals surface area contributed by atoms with Crippen molar-refractivity contribution in [2.24, 2.45) is 0 Å². The van der Waals surface area contributed by atoms with Crippen molar-refractivity contribution in [3.63, 3.8) is 0 Å². The summed E-state index contributed by atoms with van der Waals surface area (Å²) in [5.74, 6) is 0.831. The van der Waals surface area contributed by atoms with E-state index in [1.165, 1.54) is 5.56 Å². The maximum Gasteiger partial charge on any atom is 0.126 e. The molecular weight excluding hydrogens is 356 g/mol. The van der Waals surface area contributed by atoms with Crippen molar-refractivity contribution in [3.05, 3.63) is 95.3 Å². The van der Waals surface area contributed by atoms with Gasteiger partial charge < -0.3 is 5.32 Å². The van der Waals surface area contributed by atoms with Gasteiger partial charge in [0.15, 0.2) is 0 Å². The number of nitrogens with zero attached hydrogens (tertiary/aromatic N) is 3. The number of anilines is 1. The fraction of sp³-hybridized carbons (Fsp3) is 0.0909. The molecule has 1 N–H and O–H groups in total. The second-order valence-electron chi connectivity index (χ2n) is 6.33. The van der Waals surface area contributed by atoms with Crippen LogP contribution in [0.3, 0.4) is 0 Å². The first kappa shape index (κ1) is 17.3. The lowest BCUT2D eigenvalue weighted by Gasteiger charge is -2.10. The Morgan fingerprint density at radius 2 is 1.74 bits per heavy atom. The van der Waals surface area contributed by atoms with Crippen LogP contribution in [0.1, 0.15) is 11.3 Å². The Labute approximate surface area is 163 Å². The van der Waals surface area contributed by atoms with Gasteiger partial charge in [0.2, 0.25) is 0 Å². The van der Waals surface area contributed by atoms with Crippen molar-refractivity contribution in [3.8, 4) is 16.9 Å². The van der Waals surface area contributed by atoms with Crippen molar-refractivity contribution < 1.29 is 0 Å². The smallest absolute Gasteiger partial charge is 0.126 e. The number of pyridine rings is 1. The fourth-order valence-electron chi connectivity index (χ4n) is 2.96. The molecule has 0 amide bonds. The van der Waals surface area contributed by atoms with Gasteiger partial charge in [-0.2, -0.15) is 5.10 Å². The summed E-state index contributed by atoms with van der Waals surface area (Å²) in [7, 11) is 0. The maximum atomic E-state index is 6.02. The average Bonchev–Trinajstić information content (AvgIpc) is 3.10. The third-order valence-corrected chi connectivity index (χ3v) is 4.53. The van der Waals surface area contributed by atoms with E-state index < -0.39 is 0 Å². The summed E-state index contributed by atoms with van der Waals surface area (Å²) in [6, 6.07) is 24.1. The first-order valence-electron chi connectivity index (χ1n) is 8.76. The fourth-order valence-corrected chi connectivity index (χ4v) is 3.09. The van der Waals surface area contributed by atoms with Gasteiger partial charge in [-0.05, 0) is 55.0 Å². The zero-order valence-electron chi connectivity index (χ0n) is 14.9. The highest BCUT2D eigenvalue weighted by molar-refractivity contribution is 6.30. The van der Waals surface area contributed by atoms with Crippen molar-refractivity contribution in [2.45, 2.75) is 13.5 Å². The number of nitrogens with one attached hydrogen (secondary N) is 1. The summed E-state index contributed by atoms with van der Waals surface area (Å²) < 4.78 is 1.93. The Morgan fingerprint density at radius 1 is 0.963 bits per heavy atom. The quantitative estimate of drug-likeness (QED) is 0.501. The van der Waals surface area contributed by atoms with Crippen LogP contribution in [-0.2, 0) is 6.54 Å². The molecule has 0 aliphatic carbocycles. The molecule has 0 radical (unpaired) electrons. The number of rotatable bonds is 5. The van der Waals surface area contributed by atoms with Gasteiger partial charge in [-0.1, -0.05) is 41.9 Å². The minimum absolute atomic E-state index is 0.709. The predicted molar refractivity (Wildman–Crippen MR) is 110 cm³/mol. The summed E-state index contributed by atoms with van der Waals surface area (Å²) >= 11 is 6.02. The number of hydrogen-bond donors (Lipinski definition) is 1. The average molecular weight is 375 g/mol. The van der Waals surface area contributed by atoms with Crippen LogP contribution in [0.25, 0.3) is 16.9 Å². The Kier molecular flexibility index (Phi) is 4.90. The van der Waals surface area contributed by atoms with Crippen LogP contribution in [0.2, 0.25) is 5.02 Å². The Balaban J connectivity index is 1.63. The summed E-state index contributed by atoms with van der Waals surface area (Å²) in [6.45, 7) is 2.72. The van der Waals surface area contributed by atoms with E-state index in [9.17, 15) is 0 Å². The standard InChI is InChI=1S/C22H19ClN4/c1-16-13-21(27(26-16)20-9-7-19(23)8-10-20)18-11-12-24-22(14-18)25-15-17-5-3-2-4-6-17/h2-14H,15H2,1H3,(H,24,25). The second kappa shape index (κ2) is 7.64. The molecule has 0 aliphatic heterocycles. The third-order valence-electron chi connectivity index (χ3n) is 4.27. The van der Waals surface area contributed by atoms with Gasteiger partial charge in [0, 0.05) is 23.3 Å². The zero-order valence-corrected chi connectivity index (χ0v) is 15.7. The van der Waals surface area contributed by atoms with E-state index >= 15 is 0 Å². The zero-order chi connectivity index (χ0) is 18.6. The second-order valence-corrected chi connectivity index (χ2v) is 6.76. The maximum absolute atomic E-state index is 6.02. The molecule has 0 atom stereocenters. The van der Waals surface area contributed by atoms with E-state index in [4.69, 9.17) is 11.6 Å². The minimum Gasteiger partial charge on any atom is -0.366 e. The van der Waals surface area contributed by atoms with E-state index in [2.05, 4.69) is 33.6 Å². The summed E-state index contributed by atoms with van der Waals surface area (Å²) in [5, 5.41) is 8.74. The lowest BCUT2D eigenvalue weighted by atomic mass is 10.1. The van der Waals surface area contributed by atoms with Crippen LogP contribution in [-0.4, -0.2) is 14.8 Å². The number of aryl methyl sites for hydroxylation is 1. The molecule has 27 heavy (non-hydrogen) atoms. The Morgan fingerprint density at radius 3 is 2.52 bits per heavy atom. The van der Waals surface area contributed by atoms with Crippen LogP contribution < -0.4 is 5.32 Å². The van der Waals surface area contributed by atoms with E-state index in [0.29, 0.717) is 5.02 Å². The molecular formula is C22H19ClN4. The van der Waals surface area contributed by atoms with Gasteiger partial charge in [0.25, 0.3) is 0 Å². The molecule has 0 saturated heterocycles. The number of aromatic nitrogens is 3. The molecule has 0 aliphatic rings. The molecule has 2 heterocycles. The van der Waals surface area contributed by atoms with Gasteiger partial charge >= 0.3 is 0 Å². The molecule has 0 unspecified atom stereocenters. The minimum atomic E-state index is 0.709. The largest absolute Gasteiger partial charge is 0.366 e. The van der Waals surface area contributed by atoms with Crippen molar-refractivity contribution in [2.75, 3.05) is 5.32 Å². The highest BCUT2D eigenvalue weighted by atomic mass is 35.5. The monoisotopic (exact) mass is 374 g/mol. The molecule has 0 bridgehead atoms. The van der Waals surface area contributed by atoms with E-state index in [0.717, 1.165) is 35.0 Å². The van der Waals surface area contributed by atoms with E-state index in [1.807, 2.05) is 72.4 Å². The highest BCUT2D eigenvalue weighted by Crippen LogP contribution is 2.26. The van der Waals surface area contributed by atoms with E-state index in [1.54, 1.807) is 0 Å². The number of hydrogen-bond acceptors (Lipinski definition) is 3. The van der Waals surface area contributed by atoms with Crippen molar-refractivity contribution >= 4 is 17.4 Å². The van der Waals surface area contributed by atoms with Crippen LogP contribution >= 0.6 is 11.6 Å². The number of benzene rings is 2. The van der Waals surface area contributed by atoms with Gasteiger partial charge in [0.05, 0.1) is 17.1 Å². The van der Waals surface area contributed by atoms with Gasteiger partial charge in [-0.25, -0.2) is 9.67 Å². The van der Waals surface area contributed by atoms with Crippen LogP contribution in [0, 0.1) is 6.92 Å². The van der Waals surface area contributed by atoms with Crippen LogP contribution in [0.4, 0.5) is 5.82 Å². The summed E-state index contributed by atoms with van der Waals surface area (Å²) in [4.78, 5) is 4.44. The topological polar surface area (TPSA) is 42.7 Å². The van der Waals surface area contributed by atoms with Crippen LogP contribution in [0.15, 0.2) is 79.0 Å². The molecule has 0 fully saturated rings. The first-order chi connectivity index (χ1) is 13.2. The molecule has 4 nitrogen and oxygen atoms in total. The van der Waals surface area contributed by atoms with Gasteiger partial charge in [0.1, 0.15) is 5.82 Å². The highest BCUT2D eigenvalue weighted by Gasteiger charge is 2.11. The predicted octanol–water partition coefficient (Wildman–Crippen LogP) is 5.51. The molecule has 0 saturated carbocycles. The molecule has 2 aromatic carbocycles. The van der Waals surface area contributed by atoms with Crippen molar-refractivity contribution in [1.82, 2.24) is 14.8 Å². The SMILES string of the molecule is Cc1cc(-c2ccnc(NCc3ccccc3)c2)n(-c2ccc(Cl)cc2)n1. The normalized spacial score (nSPS) is 10.7. The molecule has 4 rings (SSSR count). The Bertz CT molecular complexity index is 1040. The first-order valence-corrected chi connectivity index (χ1v) is 9.14. The Hall–Kier alpha value is -3.11. The van der Waals surface area contributed by atoms with Gasteiger partial charge in [-0.3, -0.25) is 0 Å². The molecule has 4 aromatic rings. The van der Waals surface area contributed by atoms with Crippen LogP contribution in [0.5, 0.6) is 0 Å². The summed E-state index contributed by atoms with van der Waals surface area (Å²) in [5.41, 5.74) is 5.21. The summed E-state index contributed by atoms with van der Waals surface area (Å²) in [6.07, 6.45) is 1.82. The molecule has 0 spiro atoms.